The third kappa shape index (κ3) is 4.52. The second kappa shape index (κ2) is 9.08. The highest BCUT2D eigenvalue weighted by Gasteiger charge is 2.33. The molecule has 6 nitrogen and oxygen atoms in total. The smallest absolute Gasteiger partial charge is 0.262 e. The van der Waals surface area contributed by atoms with Crippen LogP contribution in [0.15, 0.2) is 72.3 Å². The highest BCUT2D eigenvalue weighted by Crippen LogP contribution is 2.31. The predicted molar refractivity (Wildman–Crippen MR) is 123 cm³/mol. The zero-order chi connectivity index (χ0) is 23.5. The first-order valence-corrected chi connectivity index (χ1v) is 10.2. The van der Waals surface area contributed by atoms with E-state index in [0.29, 0.717) is 23.4 Å². The summed E-state index contributed by atoms with van der Waals surface area (Å²) in [4.78, 5) is 39.9. The highest BCUT2D eigenvalue weighted by molar-refractivity contribution is 6.36. The van der Waals surface area contributed by atoms with Gasteiger partial charge in [0.25, 0.3) is 11.8 Å². The van der Waals surface area contributed by atoms with Gasteiger partial charge in [0.05, 0.1) is 18.4 Å². The Hall–Kier alpha value is -4.26. The second-order valence-electron chi connectivity index (χ2n) is 7.57. The van der Waals surface area contributed by atoms with Crippen molar-refractivity contribution >= 4 is 29.4 Å². The lowest BCUT2D eigenvalue weighted by Crippen LogP contribution is -2.37. The van der Waals surface area contributed by atoms with Crippen LogP contribution in [0.1, 0.15) is 31.8 Å². The van der Waals surface area contributed by atoms with Gasteiger partial charge in [-0.15, -0.1) is 0 Å². The molecule has 0 saturated heterocycles. The highest BCUT2D eigenvalue weighted by atomic mass is 19.1. The molecule has 2 amide bonds. The van der Waals surface area contributed by atoms with Crippen LogP contribution in [0.4, 0.5) is 10.1 Å². The maximum Gasteiger partial charge on any atom is 0.262 e. The molecule has 0 radical (unpaired) electrons. The van der Waals surface area contributed by atoms with Gasteiger partial charge < -0.3 is 15.0 Å². The molecule has 33 heavy (non-hydrogen) atoms. The Balaban J connectivity index is 1.59. The average molecular weight is 444 g/mol. The molecule has 3 aromatic carbocycles. The molecule has 4 rings (SSSR count). The summed E-state index contributed by atoms with van der Waals surface area (Å²) >= 11 is 0. The van der Waals surface area contributed by atoms with E-state index in [1.807, 2.05) is 12.1 Å². The molecule has 0 saturated carbocycles. The maximum atomic E-state index is 13.5. The Morgan fingerprint density at radius 1 is 1.06 bits per heavy atom. The number of likely N-dealkylation sites (N-methyl/N-ethyl adjacent to an activating group) is 1. The quantitative estimate of drug-likeness (QED) is 0.477. The first kappa shape index (κ1) is 22.0. The molecular weight excluding hydrogens is 423 g/mol. The van der Waals surface area contributed by atoms with Gasteiger partial charge in [-0.3, -0.25) is 14.4 Å². The molecule has 1 heterocycles. The Morgan fingerprint density at radius 2 is 1.82 bits per heavy atom. The van der Waals surface area contributed by atoms with E-state index < -0.39 is 17.5 Å². The topological polar surface area (TPSA) is 75.7 Å². The van der Waals surface area contributed by atoms with E-state index >= 15 is 0 Å². The Kier molecular flexibility index (Phi) is 6.04. The number of ether oxygens (including phenoxy) is 1. The third-order valence-corrected chi connectivity index (χ3v) is 5.42. The van der Waals surface area contributed by atoms with Crippen LogP contribution < -0.4 is 15.0 Å². The number of Topliss-reactive ketones (excluding diaryl/α,β-unsaturated/α-hetero) is 1. The number of carbonyl (C=O) groups is 3. The fourth-order valence-electron chi connectivity index (χ4n) is 3.60. The summed E-state index contributed by atoms with van der Waals surface area (Å²) in [6, 6.07) is 17.6. The van der Waals surface area contributed by atoms with Crippen LogP contribution in [0.25, 0.3) is 6.08 Å². The van der Waals surface area contributed by atoms with Crippen molar-refractivity contribution in [3.8, 4) is 5.75 Å². The molecule has 166 valence electrons. The van der Waals surface area contributed by atoms with Crippen molar-refractivity contribution in [2.75, 3.05) is 19.1 Å². The number of nitrogens with one attached hydrogen (secondary N) is 1. The van der Waals surface area contributed by atoms with Crippen LogP contribution in [-0.4, -0.2) is 31.8 Å². The van der Waals surface area contributed by atoms with E-state index in [4.69, 9.17) is 4.74 Å². The number of amides is 2. The molecular formula is C26H21FN2O4. The van der Waals surface area contributed by atoms with E-state index in [0.717, 1.165) is 11.3 Å². The normalized spacial score (nSPS) is 14.3. The van der Waals surface area contributed by atoms with E-state index in [-0.39, 0.29) is 17.0 Å². The zero-order valence-electron chi connectivity index (χ0n) is 18.1. The predicted octanol–water partition coefficient (Wildman–Crippen LogP) is 4.01. The minimum Gasteiger partial charge on any atom is -0.497 e. The number of ketones is 1. The van der Waals surface area contributed by atoms with Gasteiger partial charge in [0.15, 0.2) is 0 Å². The fraction of sp³-hybridized carbons (Fsp3) is 0.115. The third-order valence-electron chi connectivity index (χ3n) is 5.42. The van der Waals surface area contributed by atoms with E-state index in [2.05, 4.69) is 5.32 Å². The lowest BCUT2D eigenvalue weighted by molar-refractivity contribution is -0.114. The lowest BCUT2D eigenvalue weighted by atomic mass is 9.92. The summed E-state index contributed by atoms with van der Waals surface area (Å²) in [5, 5.41) is 2.82. The number of benzene rings is 3. The van der Waals surface area contributed by atoms with Crippen molar-refractivity contribution in [1.82, 2.24) is 5.32 Å². The number of hydrogen-bond acceptors (Lipinski definition) is 4. The number of nitrogens with zero attached hydrogens (tertiary/aromatic N) is 1. The molecule has 0 atom stereocenters. The Labute approximate surface area is 190 Å². The van der Waals surface area contributed by atoms with Gasteiger partial charge >= 0.3 is 0 Å². The second-order valence-corrected chi connectivity index (χ2v) is 7.57. The number of hydrogen-bond donors (Lipinski definition) is 1. The molecule has 1 aliphatic rings. The van der Waals surface area contributed by atoms with Crippen LogP contribution in [0.3, 0.4) is 0 Å². The van der Waals surface area contributed by atoms with Crippen LogP contribution in [0, 0.1) is 5.82 Å². The molecule has 7 heteroatoms. The molecule has 0 fully saturated rings. The van der Waals surface area contributed by atoms with Crippen molar-refractivity contribution < 1.29 is 23.5 Å². The number of fused-ring (bicyclic) bond motifs is 1. The van der Waals surface area contributed by atoms with E-state index in [1.165, 1.54) is 35.2 Å². The average Bonchev–Trinajstić information content (AvgIpc) is 2.83. The molecule has 0 unspecified atom stereocenters. The molecule has 0 bridgehead atoms. The number of anilines is 1. The fourth-order valence-corrected chi connectivity index (χ4v) is 3.60. The van der Waals surface area contributed by atoms with Gasteiger partial charge in [-0.2, -0.15) is 0 Å². The molecule has 3 aromatic rings. The van der Waals surface area contributed by atoms with Gasteiger partial charge in [0, 0.05) is 24.7 Å². The largest absolute Gasteiger partial charge is 0.497 e. The van der Waals surface area contributed by atoms with Gasteiger partial charge in [-0.25, -0.2) is 4.39 Å². The van der Waals surface area contributed by atoms with Gasteiger partial charge in [0.2, 0.25) is 5.78 Å². The van der Waals surface area contributed by atoms with Crippen LogP contribution >= 0.6 is 0 Å². The molecule has 1 aliphatic heterocycles. The molecule has 1 N–H and O–H groups in total. The lowest BCUT2D eigenvalue weighted by Gasteiger charge is -2.27. The molecule has 0 aromatic heterocycles. The summed E-state index contributed by atoms with van der Waals surface area (Å²) in [6.45, 7) is 0.303. The number of rotatable bonds is 5. The molecule has 0 aliphatic carbocycles. The summed E-state index contributed by atoms with van der Waals surface area (Å²) in [5.74, 6) is -1.10. The zero-order valence-corrected chi connectivity index (χ0v) is 18.1. The maximum absolute atomic E-state index is 13.5. The molecule has 0 spiro atoms. The minimum absolute atomic E-state index is 0.0913. The number of carbonyl (C=O) groups excluding carboxylic acids is 3. The summed E-state index contributed by atoms with van der Waals surface area (Å²) in [5.41, 5.74) is 2.14. The summed E-state index contributed by atoms with van der Waals surface area (Å²) in [6.07, 6.45) is 1.36. The standard InChI is InChI=1S/C26H21FN2O4/c1-29-23-11-8-18(25(31)28-15-16-6-9-20(33-2)10-7-16)14-21(23)24(30)22(26(29)32)13-17-4-3-5-19(27)12-17/h3-14H,15H2,1-2H3,(H,28,31)/b22-13+. The summed E-state index contributed by atoms with van der Waals surface area (Å²) < 4.78 is 18.7. The van der Waals surface area contributed by atoms with Gasteiger partial charge in [-0.05, 0) is 59.7 Å². The van der Waals surface area contributed by atoms with Crippen molar-refractivity contribution in [2.24, 2.45) is 0 Å². The van der Waals surface area contributed by atoms with Crippen LogP contribution in [0.5, 0.6) is 5.75 Å². The van der Waals surface area contributed by atoms with Crippen molar-refractivity contribution in [3.05, 3.63) is 100 Å². The van der Waals surface area contributed by atoms with Gasteiger partial charge in [0.1, 0.15) is 11.6 Å². The number of methoxy groups -OCH3 is 1. The van der Waals surface area contributed by atoms with Crippen molar-refractivity contribution in [1.29, 1.82) is 0 Å². The van der Waals surface area contributed by atoms with E-state index in [1.54, 1.807) is 44.5 Å². The first-order valence-electron chi connectivity index (χ1n) is 10.2. The first-order chi connectivity index (χ1) is 15.9. The Bertz CT molecular complexity index is 1280. The van der Waals surface area contributed by atoms with Gasteiger partial charge in [-0.1, -0.05) is 24.3 Å². The van der Waals surface area contributed by atoms with Crippen LogP contribution in [0.2, 0.25) is 0 Å². The number of halogens is 1. The monoisotopic (exact) mass is 444 g/mol. The summed E-state index contributed by atoms with van der Waals surface area (Å²) in [7, 11) is 3.13. The van der Waals surface area contributed by atoms with E-state index in [9.17, 15) is 18.8 Å². The van der Waals surface area contributed by atoms with Crippen molar-refractivity contribution in [2.45, 2.75) is 6.54 Å². The Morgan fingerprint density at radius 3 is 2.52 bits per heavy atom. The van der Waals surface area contributed by atoms with Crippen molar-refractivity contribution in [3.63, 3.8) is 0 Å². The minimum atomic E-state index is -0.512. The SMILES string of the molecule is COc1ccc(CNC(=O)c2ccc3c(c2)C(=O)/C(=C\c2cccc(F)c2)C(=O)N3C)cc1. The van der Waals surface area contributed by atoms with Crippen LogP contribution in [-0.2, 0) is 11.3 Å².